The molecule has 0 unspecified atom stereocenters. The van der Waals surface area contributed by atoms with Gasteiger partial charge in [0, 0.05) is 23.3 Å². The molecular weight excluding hydrogens is 796 g/mol. The predicted octanol–water partition coefficient (Wildman–Crippen LogP) is 5.48. The van der Waals surface area contributed by atoms with E-state index in [1.165, 1.54) is 13.8 Å². The van der Waals surface area contributed by atoms with Crippen LogP contribution in [0, 0.1) is 17.8 Å². The maximum absolute atomic E-state index is 15.1. The van der Waals surface area contributed by atoms with E-state index in [4.69, 9.17) is 9.47 Å². The van der Waals surface area contributed by atoms with Crippen LogP contribution in [0.1, 0.15) is 91.5 Å². The molecule has 3 N–H and O–H groups in total. The Morgan fingerprint density at radius 2 is 1.81 bits per heavy atom. The largest absolute Gasteiger partial charge is 0.477 e. The molecule has 2 aliphatic carbocycles. The summed E-state index contributed by atoms with van der Waals surface area (Å²) in [7, 11) is -4.12. The molecule has 322 valence electrons. The first-order chi connectivity index (χ1) is 27.6. The van der Waals surface area contributed by atoms with Crippen molar-refractivity contribution in [3.05, 3.63) is 42.0 Å². The monoisotopic (exact) mass is 847 g/mol. The fraction of sp³-hybridized carbons (Fsp3) is 0.634. The van der Waals surface area contributed by atoms with Gasteiger partial charge in [-0.3, -0.25) is 24.0 Å². The number of benzene rings is 1. The molecule has 2 saturated carbocycles. The maximum atomic E-state index is 15.1. The Balaban J connectivity index is 1.30. The summed E-state index contributed by atoms with van der Waals surface area (Å²) in [5, 5.41) is 14.7. The molecule has 1 aromatic heterocycles. The normalized spacial score (nSPS) is 29.7. The van der Waals surface area contributed by atoms with Crippen LogP contribution < -0.4 is 19.5 Å². The maximum Gasteiger partial charge on any atom is 0.411 e. The van der Waals surface area contributed by atoms with Crippen molar-refractivity contribution >= 4 is 44.6 Å². The number of halogens is 3. The zero-order valence-electron chi connectivity index (χ0n) is 33.8. The minimum absolute atomic E-state index is 0.0563. The number of alkyl halides is 3. The van der Waals surface area contributed by atoms with Gasteiger partial charge in [0.15, 0.2) is 0 Å². The van der Waals surface area contributed by atoms with E-state index in [0.29, 0.717) is 57.4 Å². The summed E-state index contributed by atoms with van der Waals surface area (Å²) < 4.78 is 84.1. The van der Waals surface area contributed by atoms with E-state index in [2.05, 4.69) is 15.0 Å². The number of aryl methyl sites for hydroxylation is 1. The third-order valence-electron chi connectivity index (χ3n) is 13.0. The first-order valence-corrected chi connectivity index (χ1v) is 21.7. The summed E-state index contributed by atoms with van der Waals surface area (Å²) in [6, 6.07) is 4.00. The summed E-state index contributed by atoms with van der Waals surface area (Å²) in [6.07, 6.45) is -1.27. The van der Waals surface area contributed by atoms with Crippen LogP contribution in [0.25, 0.3) is 10.8 Å². The fourth-order valence-electron chi connectivity index (χ4n) is 8.88. The number of aromatic nitrogens is 1. The molecule has 0 bridgehead atoms. The van der Waals surface area contributed by atoms with Gasteiger partial charge in [-0.05, 0) is 95.4 Å². The number of fused-ring (bicyclic) bond motifs is 5. The molecule has 4 heterocycles. The summed E-state index contributed by atoms with van der Waals surface area (Å²) in [6.45, 7) is 6.40. The second kappa shape index (κ2) is 15.1. The molecule has 59 heavy (non-hydrogen) atoms. The van der Waals surface area contributed by atoms with Crippen LogP contribution in [0.4, 0.5) is 18.0 Å². The van der Waals surface area contributed by atoms with Crippen LogP contribution in [0.5, 0.6) is 11.8 Å². The lowest BCUT2D eigenvalue weighted by molar-refractivity contribution is -0.222. The molecule has 2 aromatic rings. The van der Waals surface area contributed by atoms with Gasteiger partial charge >= 0.3 is 12.3 Å². The van der Waals surface area contributed by atoms with E-state index in [-0.39, 0.29) is 42.5 Å². The second-order valence-corrected chi connectivity index (χ2v) is 20.0. The molecular formula is C41H52F3N5O9S. The molecule has 4 amide bonds. The van der Waals surface area contributed by atoms with E-state index in [1.54, 1.807) is 18.2 Å². The molecule has 3 aliphatic heterocycles. The number of nitrogens with one attached hydrogen (secondary N) is 2. The number of carbonyl (C=O) groups is 4. The number of allylic oxidation sites excluding steroid dienone is 1. The zero-order chi connectivity index (χ0) is 42.9. The van der Waals surface area contributed by atoms with Gasteiger partial charge in [-0.15, -0.1) is 0 Å². The van der Waals surface area contributed by atoms with Crippen LogP contribution in [0.3, 0.4) is 0 Å². The van der Waals surface area contributed by atoms with Gasteiger partial charge in [-0.25, -0.2) is 13.2 Å². The van der Waals surface area contributed by atoms with Gasteiger partial charge in [0.25, 0.3) is 5.91 Å². The summed E-state index contributed by atoms with van der Waals surface area (Å²) >= 11 is 0. The predicted molar refractivity (Wildman–Crippen MR) is 209 cm³/mol. The van der Waals surface area contributed by atoms with Crippen molar-refractivity contribution in [1.29, 1.82) is 0 Å². The number of ether oxygens (including phenoxy) is 2. The van der Waals surface area contributed by atoms with Crippen LogP contribution in [0.15, 0.2) is 36.4 Å². The smallest absolute Gasteiger partial charge is 0.411 e. The minimum atomic E-state index is -5.09. The van der Waals surface area contributed by atoms with Gasteiger partial charge in [-0.1, -0.05) is 44.2 Å². The highest BCUT2D eigenvalue weighted by molar-refractivity contribution is 7.91. The molecule has 1 saturated heterocycles. The third-order valence-corrected chi connectivity index (χ3v) is 15.2. The van der Waals surface area contributed by atoms with Crippen molar-refractivity contribution in [3.8, 4) is 11.8 Å². The number of nitrogens with zero attached hydrogens (tertiary/aromatic N) is 3. The van der Waals surface area contributed by atoms with Crippen molar-refractivity contribution in [2.45, 2.75) is 133 Å². The lowest BCUT2D eigenvalue weighted by Crippen LogP contribution is -2.66. The first-order valence-electron chi connectivity index (χ1n) is 20.3. The van der Waals surface area contributed by atoms with Crippen molar-refractivity contribution in [2.75, 3.05) is 13.2 Å². The van der Waals surface area contributed by atoms with Crippen LogP contribution in [-0.2, 0) is 30.8 Å². The topological polar surface area (TPSA) is 185 Å². The van der Waals surface area contributed by atoms with Gasteiger partial charge in [0.05, 0.1) is 17.9 Å². The zero-order valence-corrected chi connectivity index (χ0v) is 34.6. The van der Waals surface area contributed by atoms with Crippen LogP contribution >= 0.6 is 0 Å². The Hall–Kier alpha value is -4.61. The van der Waals surface area contributed by atoms with Crippen molar-refractivity contribution in [3.63, 3.8) is 0 Å². The van der Waals surface area contributed by atoms with Gasteiger partial charge < -0.3 is 24.8 Å². The number of amides is 4. The number of rotatable bonds is 7. The Kier molecular flexibility index (Phi) is 10.9. The molecule has 1 aromatic carbocycles. The third kappa shape index (κ3) is 7.81. The van der Waals surface area contributed by atoms with Crippen LogP contribution in [0.2, 0.25) is 0 Å². The highest BCUT2D eigenvalue weighted by Crippen LogP contribution is 2.48. The van der Waals surface area contributed by atoms with E-state index < -0.39 is 85.9 Å². The highest BCUT2D eigenvalue weighted by atomic mass is 32.2. The standard InChI is InChI=1S/C41H52F3N5O9S/c1-23-11-6-7-12-25-21-40(25,36(52)47-59(55,56)39(5)16-17-39)46-32(50)30-20-26(58-34-29-14-9-8-13-27(29)28-15-10-18-57-33(28)45-34)22-48(30)35(51)31(24(2)19-23)49(37(53)54)38(3,4)41(42,43)44/h7-9,12-14,23-26,30-31H,6,10-11,15-22H2,1-5H3,(H,46,50)(H,47,52)(H,53,54)/t23-,24+,25+,26+,30-,31-,40+/m0/s1. The van der Waals surface area contributed by atoms with E-state index in [9.17, 15) is 41.1 Å². The Morgan fingerprint density at radius 1 is 1.12 bits per heavy atom. The van der Waals surface area contributed by atoms with Gasteiger partial charge in [-0.2, -0.15) is 18.2 Å². The summed E-state index contributed by atoms with van der Waals surface area (Å²) in [5.74, 6) is -4.06. The molecule has 14 nitrogen and oxygen atoms in total. The van der Waals surface area contributed by atoms with Crippen molar-refractivity contribution < 1.29 is 55.3 Å². The fourth-order valence-corrected chi connectivity index (χ4v) is 10.2. The summed E-state index contributed by atoms with van der Waals surface area (Å²) in [4.78, 5) is 62.5. The van der Waals surface area contributed by atoms with Gasteiger partial charge in [0.1, 0.15) is 29.3 Å². The molecule has 0 radical (unpaired) electrons. The SMILES string of the molecule is C[C@H]1CCC=C[C@@H]2C[C@@]2(C(=O)NS(=O)(=O)C2(C)CC2)NC(=O)[C@@H]2C[C@@H](Oc3nc4c(c5ccccc35)CCCO4)CN2C(=O)[C@@H](N(C(=O)O)C(C)(C)C(F)(F)F)[C@H](C)C1. The number of hydrogen-bond donors (Lipinski definition) is 3. The minimum Gasteiger partial charge on any atom is -0.477 e. The average Bonchev–Trinajstić information content (AvgIpc) is 4.04. The quantitative estimate of drug-likeness (QED) is 0.302. The molecule has 7 atom stereocenters. The Labute approximate surface area is 341 Å². The summed E-state index contributed by atoms with van der Waals surface area (Å²) in [5.41, 5.74) is -3.85. The number of sulfonamides is 1. The van der Waals surface area contributed by atoms with E-state index in [0.717, 1.165) is 28.7 Å². The van der Waals surface area contributed by atoms with E-state index >= 15 is 4.79 Å². The van der Waals surface area contributed by atoms with Crippen LogP contribution in [-0.4, -0.2) is 105 Å². The number of carbonyl (C=O) groups excluding carboxylic acids is 3. The first kappa shape index (κ1) is 42.5. The molecule has 5 aliphatic rings. The number of pyridine rings is 1. The Bertz CT molecular complexity index is 2180. The molecule has 3 fully saturated rings. The van der Waals surface area contributed by atoms with Crippen molar-refractivity contribution in [2.24, 2.45) is 17.8 Å². The lowest BCUT2D eigenvalue weighted by Gasteiger charge is -2.45. The van der Waals surface area contributed by atoms with Gasteiger partial charge in [0.2, 0.25) is 33.6 Å². The van der Waals surface area contributed by atoms with Crippen molar-refractivity contribution in [1.82, 2.24) is 24.8 Å². The van der Waals surface area contributed by atoms with E-state index in [1.807, 2.05) is 25.1 Å². The number of hydrogen-bond acceptors (Lipinski definition) is 9. The second-order valence-electron chi connectivity index (χ2n) is 17.8. The molecule has 0 spiro atoms. The molecule has 18 heteroatoms. The lowest BCUT2D eigenvalue weighted by atomic mass is 9.85. The highest BCUT2D eigenvalue weighted by Gasteiger charge is 2.64. The number of carboxylic acid groups (broad SMARTS) is 1. The Morgan fingerprint density at radius 3 is 2.47 bits per heavy atom. The molecule has 7 rings (SSSR count). The average molecular weight is 848 g/mol.